The maximum atomic E-state index is 12.9. The van der Waals surface area contributed by atoms with Gasteiger partial charge in [0.1, 0.15) is 5.60 Å². The Hall–Kier alpha value is -2.47. The summed E-state index contributed by atoms with van der Waals surface area (Å²) < 4.78 is 6.57. The Balaban J connectivity index is 0.00000167. The van der Waals surface area contributed by atoms with Gasteiger partial charge < -0.3 is 4.74 Å². The molecule has 0 N–H and O–H groups in total. The summed E-state index contributed by atoms with van der Waals surface area (Å²) in [6.45, 7) is 13.7. The van der Waals surface area contributed by atoms with Crippen LogP contribution in [0, 0.1) is 6.92 Å². The van der Waals surface area contributed by atoms with Gasteiger partial charge in [0.05, 0.1) is 11.7 Å². The first-order chi connectivity index (χ1) is 16.5. The molecule has 1 atom stereocenters. The van der Waals surface area contributed by atoms with Gasteiger partial charge >= 0.3 is 6.09 Å². The monoisotopic (exact) mass is 540 g/mol. The number of piperidine rings is 1. The molecule has 35 heavy (non-hydrogen) atoms. The van der Waals surface area contributed by atoms with E-state index in [4.69, 9.17) is 9.72 Å². The van der Waals surface area contributed by atoms with Crippen LogP contribution in [0.1, 0.15) is 82.3 Å². The number of fused-ring (bicyclic) bond motifs is 2. The molecule has 1 amide bonds. The fraction of sp³-hybridized carbons (Fsp3) is 0.483. The quantitative estimate of drug-likeness (QED) is 0.388. The number of hydrogen-bond acceptors (Lipinski definition) is 4. The fourth-order valence-corrected chi connectivity index (χ4v) is 5.19. The fourth-order valence-electron chi connectivity index (χ4n) is 4.81. The summed E-state index contributed by atoms with van der Waals surface area (Å²) in [6, 6.07) is 8.21. The number of halogens is 1. The molecule has 0 saturated carbocycles. The van der Waals surface area contributed by atoms with Crippen LogP contribution in [0.25, 0.3) is 5.57 Å². The lowest BCUT2D eigenvalue weighted by atomic mass is 9.85. The molecule has 1 aromatic heterocycles. The molecule has 0 spiro atoms. The molecule has 2 aromatic rings. The molecule has 188 valence electrons. The van der Waals surface area contributed by atoms with E-state index in [9.17, 15) is 9.59 Å². The Morgan fingerprint density at radius 2 is 1.77 bits per heavy atom. The van der Waals surface area contributed by atoms with Crippen LogP contribution >= 0.6 is 15.9 Å². The van der Waals surface area contributed by atoms with Crippen LogP contribution in [0.4, 0.5) is 4.79 Å². The molecule has 2 aliphatic rings. The molecule has 6 heteroatoms. The van der Waals surface area contributed by atoms with E-state index in [1.54, 1.807) is 11.8 Å². The van der Waals surface area contributed by atoms with Crippen molar-refractivity contribution in [3.05, 3.63) is 68.5 Å². The van der Waals surface area contributed by atoms with E-state index >= 15 is 0 Å². The molecule has 0 bridgehead atoms. The van der Waals surface area contributed by atoms with E-state index in [0.29, 0.717) is 19.4 Å². The maximum Gasteiger partial charge on any atom is 0.410 e. The largest absolute Gasteiger partial charge is 0.444 e. The van der Waals surface area contributed by atoms with Crippen LogP contribution in [0.2, 0.25) is 0 Å². The van der Waals surface area contributed by atoms with Crippen molar-refractivity contribution in [2.45, 2.75) is 85.8 Å². The number of nitrogens with zero attached hydrogens (tertiary/aromatic N) is 2. The molecule has 1 aromatic carbocycles. The van der Waals surface area contributed by atoms with Gasteiger partial charge in [0.2, 0.25) is 0 Å². The van der Waals surface area contributed by atoms with Gasteiger partial charge in [-0.05, 0) is 99.0 Å². The van der Waals surface area contributed by atoms with Crippen molar-refractivity contribution in [1.29, 1.82) is 0 Å². The molecule has 1 aliphatic heterocycles. The number of ketones is 1. The van der Waals surface area contributed by atoms with Crippen LogP contribution in [0.5, 0.6) is 0 Å². The molecular weight excluding hydrogens is 504 g/mol. The van der Waals surface area contributed by atoms with Gasteiger partial charge in [0.15, 0.2) is 5.78 Å². The van der Waals surface area contributed by atoms with Gasteiger partial charge in [-0.1, -0.05) is 43.2 Å². The van der Waals surface area contributed by atoms with Crippen LogP contribution < -0.4 is 0 Å². The molecule has 1 unspecified atom stereocenters. The number of aromatic nitrogens is 1. The highest BCUT2D eigenvalue weighted by molar-refractivity contribution is 9.10. The summed E-state index contributed by atoms with van der Waals surface area (Å²) in [5.74, 6) is -0.0274. The second kappa shape index (κ2) is 11.1. The zero-order valence-electron chi connectivity index (χ0n) is 22.0. The van der Waals surface area contributed by atoms with Gasteiger partial charge in [-0.2, -0.15) is 0 Å². The first kappa shape index (κ1) is 27.1. The molecule has 4 rings (SSSR count). The first-order valence-electron chi connectivity index (χ1n) is 12.5. The predicted octanol–water partition coefficient (Wildman–Crippen LogP) is 7.07. The number of carbonyl (C=O) groups is 2. The summed E-state index contributed by atoms with van der Waals surface area (Å²) in [7, 11) is 0. The zero-order valence-corrected chi connectivity index (χ0v) is 23.6. The summed E-state index contributed by atoms with van der Waals surface area (Å²) >= 11 is 3.57. The highest BCUT2D eigenvalue weighted by Crippen LogP contribution is 2.40. The lowest BCUT2D eigenvalue weighted by Crippen LogP contribution is -2.49. The Morgan fingerprint density at radius 1 is 1.09 bits per heavy atom. The second-order valence-corrected chi connectivity index (χ2v) is 11.0. The number of carbonyl (C=O) groups excluding carboxylic acids is 2. The molecule has 1 aliphatic carbocycles. The Labute approximate surface area is 218 Å². The van der Waals surface area contributed by atoms with Gasteiger partial charge in [-0.3, -0.25) is 14.7 Å². The van der Waals surface area contributed by atoms with Gasteiger partial charge in [0.25, 0.3) is 0 Å². The lowest BCUT2D eigenvalue weighted by Gasteiger charge is -2.37. The number of hydrogen-bond donors (Lipinski definition) is 0. The van der Waals surface area contributed by atoms with E-state index in [1.807, 2.05) is 40.8 Å². The summed E-state index contributed by atoms with van der Waals surface area (Å²) in [5.41, 5.74) is 7.62. The third kappa shape index (κ3) is 6.21. The van der Waals surface area contributed by atoms with Crippen molar-refractivity contribution in [2.24, 2.45) is 0 Å². The standard InChI is InChI=1S/C27H31BrN2O3.C2H6/c1-16-6-9-22-18(12-16)7-8-20-13-21(28)15-29-25(20)24(22)19-10-11-30(23(14-19)17(2)31)26(32)33-27(3,4)5;1-2/h6,9,12-13,15,23H,7-8,10-11,14H2,1-5H3;1-2H3/b24-19+;. The van der Waals surface area contributed by atoms with E-state index in [0.717, 1.165) is 28.6 Å². The number of rotatable bonds is 1. The normalized spacial score (nSPS) is 19.5. The predicted molar refractivity (Wildman–Crippen MR) is 145 cm³/mol. The van der Waals surface area contributed by atoms with Crippen LogP contribution in [0.3, 0.4) is 0 Å². The Kier molecular flexibility index (Phi) is 8.58. The number of likely N-dealkylation sites (tertiary alicyclic amines) is 1. The van der Waals surface area contributed by atoms with Crippen molar-refractivity contribution in [3.8, 4) is 0 Å². The van der Waals surface area contributed by atoms with Crippen LogP contribution in [0.15, 0.2) is 40.5 Å². The van der Waals surface area contributed by atoms with E-state index < -0.39 is 17.7 Å². The molecule has 5 nitrogen and oxygen atoms in total. The molecule has 1 saturated heterocycles. The Morgan fingerprint density at radius 3 is 2.43 bits per heavy atom. The highest BCUT2D eigenvalue weighted by atomic mass is 79.9. The van der Waals surface area contributed by atoms with Crippen molar-refractivity contribution < 1.29 is 14.3 Å². The number of aryl methyl sites for hydroxylation is 3. The van der Waals surface area contributed by atoms with E-state index in [2.05, 4.69) is 47.1 Å². The highest BCUT2D eigenvalue weighted by Gasteiger charge is 2.36. The van der Waals surface area contributed by atoms with Crippen LogP contribution in [-0.4, -0.2) is 39.9 Å². The minimum atomic E-state index is -0.606. The summed E-state index contributed by atoms with van der Waals surface area (Å²) in [4.78, 5) is 32.0. The smallest absolute Gasteiger partial charge is 0.410 e. The minimum absolute atomic E-state index is 0.0274. The lowest BCUT2D eigenvalue weighted by molar-refractivity contribution is -0.122. The second-order valence-electron chi connectivity index (χ2n) is 10.1. The molecule has 2 heterocycles. The maximum absolute atomic E-state index is 12.9. The third-order valence-corrected chi connectivity index (χ3v) is 6.72. The Bertz CT molecular complexity index is 1090. The number of amides is 1. The van der Waals surface area contributed by atoms with Crippen molar-refractivity contribution in [1.82, 2.24) is 9.88 Å². The van der Waals surface area contributed by atoms with Gasteiger partial charge in [0, 0.05) is 22.8 Å². The summed E-state index contributed by atoms with van der Waals surface area (Å²) in [6.07, 6.45) is 4.45. The van der Waals surface area contributed by atoms with E-state index in [1.165, 1.54) is 27.8 Å². The minimum Gasteiger partial charge on any atom is -0.444 e. The number of pyridine rings is 1. The average Bonchev–Trinajstić information content (AvgIpc) is 2.95. The first-order valence-corrected chi connectivity index (χ1v) is 13.3. The van der Waals surface area contributed by atoms with Crippen molar-refractivity contribution in [3.63, 3.8) is 0 Å². The van der Waals surface area contributed by atoms with Gasteiger partial charge in [-0.15, -0.1) is 0 Å². The topological polar surface area (TPSA) is 59.5 Å². The molecule has 0 radical (unpaired) electrons. The number of ether oxygens (including phenoxy) is 1. The van der Waals surface area contributed by atoms with E-state index in [-0.39, 0.29) is 5.78 Å². The summed E-state index contributed by atoms with van der Waals surface area (Å²) in [5, 5.41) is 0. The molecule has 1 fully saturated rings. The van der Waals surface area contributed by atoms with Gasteiger partial charge in [-0.25, -0.2) is 4.79 Å². The number of benzene rings is 1. The van der Waals surface area contributed by atoms with Crippen molar-refractivity contribution in [2.75, 3.05) is 6.54 Å². The zero-order chi connectivity index (χ0) is 25.9. The third-order valence-electron chi connectivity index (χ3n) is 6.29. The SMILES string of the molecule is CC.CC(=O)C1C/C(=C2\c3ccc(C)cc3CCc3cc(Br)cnc32)CCN1C(=O)OC(C)(C)C. The van der Waals surface area contributed by atoms with Crippen LogP contribution in [-0.2, 0) is 22.4 Å². The van der Waals surface area contributed by atoms with Crippen molar-refractivity contribution >= 4 is 33.4 Å². The number of Topliss-reactive ketones (excluding diaryl/α,β-unsaturated/α-hetero) is 1. The average molecular weight is 542 g/mol. The molecular formula is C29H37BrN2O3.